The van der Waals surface area contributed by atoms with Crippen LogP contribution in [0.4, 0.5) is 0 Å². The number of fused-ring (bicyclic) bond motifs is 2. The molecule has 1 aliphatic rings. The zero-order valence-corrected chi connectivity index (χ0v) is 14.8. The van der Waals surface area contributed by atoms with Crippen LogP contribution in [-0.2, 0) is 22.4 Å². The Kier molecular flexibility index (Phi) is 5.39. The molecule has 25 heavy (non-hydrogen) atoms. The van der Waals surface area contributed by atoms with E-state index in [1.807, 2.05) is 18.2 Å². The summed E-state index contributed by atoms with van der Waals surface area (Å²) in [5.41, 5.74) is 3.39. The quantitative estimate of drug-likeness (QED) is 0.598. The van der Waals surface area contributed by atoms with E-state index in [2.05, 4.69) is 0 Å². The first-order chi connectivity index (χ1) is 12.0. The van der Waals surface area contributed by atoms with Crippen molar-refractivity contribution in [3.63, 3.8) is 0 Å². The number of carbonyl (C=O) groups excluding carboxylic acids is 2. The fourth-order valence-electron chi connectivity index (χ4n) is 2.94. The summed E-state index contributed by atoms with van der Waals surface area (Å²) in [6.07, 6.45) is 2.18. The van der Waals surface area contributed by atoms with Crippen LogP contribution in [0.3, 0.4) is 0 Å². The van der Waals surface area contributed by atoms with Crippen LogP contribution in [0, 0.1) is 0 Å². The highest BCUT2D eigenvalue weighted by molar-refractivity contribution is 6.30. The highest BCUT2D eigenvalue weighted by Crippen LogP contribution is 2.29. The van der Waals surface area contributed by atoms with Crippen molar-refractivity contribution in [1.82, 2.24) is 0 Å². The molecule has 0 fully saturated rings. The first-order valence-electron chi connectivity index (χ1n) is 8.27. The van der Waals surface area contributed by atoms with Gasteiger partial charge in [0, 0.05) is 29.5 Å². The number of ketones is 1. The Morgan fingerprint density at radius 1 is 1.04 bits per heavy atom. The molecule has 0 saturated carbocycles. The van der Waals surface area contributed by atoms with Gasteiger partial charge in [-0.25, -0.2) is 0 Å². The SMILES string of the molecule is CC(=O)OCCCOc1ccc2c(c1)C(=O)c1ccc(Cl)cc1CC2. The number of rotatable bonds is 5. The summed E-state index contributed by atoms with van der Waals surface area (Å²) in [4.78, 5) is 23.6. The molecule has 0 atom stereocenters. The Morgan fingerprint density at radius 2 is 1.84 bits per heavy atom. The normalized spacial score (nSPS) is 12.8. The van der Waals surface area contributed by atoms with E-state index < -0.39 is 0 Å². The maximum atomic E-state index is 12.9. The predicted octanol–water partition coefficient (Wildman–Crippen LogP) is 4.00. The minimum Gasteiger partial charge on any atom is -0.493 e. The molecule has 0 saturated heterocycles. The van der Waals surface area contributed by atoms with Crippen molar-refractivity contribution >= 4 is 23.4 Å². The fraction of sp³-hybridized carbons (Fsp3) is 0.300. The Balaban J connectivity index is 1.74. The van der Waals surface area contributed by atoms with Gasteiger partial charge >= 0.3 is 5.97 Å². The summed E-state index contributed by atoms with van der Waals surface area (Å²) in [5, 5.41) is 0.648. The average molecular weight is 359 g/mol. The van der Waals surface area contributed by atoms with Crippen LogP contribution in [0.2, 0.25) is 5.02 Å². The second-order valence-electron chi connectivity index (χ2n) is 5.99. The number of aryl methyl sites for hydroxylation is 2. The molecule has 0 heterocycles. The van der Waals surface area contributed by atoms with Crippen molar-refractivity contribution in [3.05, 3.63) is 63.7 Å². The van der Waals surface area contributed by atoms with E-state index in [4.69, 9.17) is 21.1 Å². The molecule has 0 radical (unpaired) electrons. The largest absolute Gasteiger partial charge is 0.493 e. The van der Waals surface area contributed by atoms with Gasteiger partial charge in [0.2, 0.25) is 0 Å². The minimum absolute atomic E-state index is 0.00419. The van der Waals surface area contributed by atoms with Gasteiger partial charge in [0.1, 0.15) is 5.75 Å². The summed E-state index contributed by atoms with van der Waals surface area (Å²) in [6, 6.07) is 11.0. The van der Waals surface area contributed by atoms with E-state index in [0.717, 1.165) is 24.0 Å². The number of carbonyl (C=O) groups is 2. The summed E-state index contributed by atoms with van der Waals surface area (Å²) >= 11 is 6.05. The van der Waals surface area contributed by atoms with Crippen molar-refractivity contribution in [2.45, 2.75) is 26.2 Å². The monoisotopic (exact) mass is 358 g/mol. The number of halogens is 1. The van der Waals surface area contributed by atoms with E-state index in [1.165, 1.54) is 6.92 Å². The molecule has 5 heteroatoms. The number of hydrogen-bond donors (Lipinski definition) is 0. The number of ether oxygens (including phenoxy) is 2. The second-order valence-corrected chi connectivity index (χ2v) is 6.43. The Labute approximate surface area is 151 Å². The highest BCUT2D eigenvalue weighted by Gasteiger charge is 2.21. The summed E-state index contributed by atoms with van der Waals surface area (Å²) in [6.45, 7) is 2.13. The van der Waals surface area contributed by atoms with E-state index in [0.29, 0.717) is 41.5 Å². The Bertz CT molecular complexity index is 813. The van der Waals surface area contributed by atoms with Crippen LogP contribution in [0.25, 0.3) is 0 Å². The van der Waals surface area contributed by atoms with Gasteiger partial charge in [0.25, 0.3) is 0 Å². The van der Waals surface area contributed by atoms with Gasteiger partial charge in [-0.2, -0.15) is 0 Å². The average Bonchev–Trinajstić information content (AvgIpc) is 2.71. The molecule has 0 spiro atoms. The molecule has 1 aliphatic carbocycles. The predicted molar refractivity (Wildman–Crippen MR) is 95.5 cm³/mol. The molecule has 0 unspecified atom stereocenters. The number of esters is 1. The molecular weight excluding hydrogens is 340 g/mol. The van der Waals surface area contributed by atoms with Gasteiger partial charge in [-0.05, 0) is 54.3 Å². The van der Waals surface area contributed by atoms with Gasteiger partial charge < -0.3 is 9.47 Å². The lowest BCUT2D eigenvalue weighted by Gasteiger charge is -2.10. The molecular formula is C20H19ClO4. The third-order valence-corrected chi connectivity index (χ3v) is 4.40. The van der Waals surface area contributed by atoms with Crippen molar-refractivity contribution in [2.24, 2.45) is 0 Å². The van der Waals surface area contributed by atoms with E-state index in [1.54, 1.807) is 18.2 Å². The molecule has 0 amide bonds. The maximum absolute atomic E-state index is 12.9. The fourth-order valence-corrected chi connectivity index (χ4v) is 3.14. The Morgan fingerprint density at radius 3 is 2.64 bits per heavy atom. The molecule has 3 rings (SSSR count). The number of benzene rings is 2. The molecule has 0 N–H and O–H groups in total. The highest BCUT2D eigenvalue weighted by atomic mass is 35.5. The van der Waals surface area contributed by atoms with Crippen molar-refractivity contribution in [2.75, 3.05) is 13.2 Å². The molecule has 2 aromatic carbocycles. The van der Waals surface area contributed by atoms with Gasteiger partial charge in [0.05, 0.1) is 13.2 Å². The van der Waals surface area contributed by atoms with Crippen molar-refractivity contribution in [3.8, 4) is 5.75 Å². The molecule has 0 bridgehead atoms. The van der Waals surface area contributed by atoms with Gasteiger partial charge in [-0.3, -0.25) is 9.59 Å². The lowest BCUT2D eigenvalue weighted by Crippen LogP contribution is -2.07. The summed E-state index contributed by atoms with van der Waals surface area (Å²) in [5.74, 6) is 0.353. The Hall–Kier alpha value is -2.33. The molecule has 2 aromatic rings. The molecule has 130 valence electrons. The maximum Gasteiger partial charge on any atom is 0.302 e. The van der Waals surface area contributed by atoms with Gasteiger partial charge in [0.15, 0.2) is 5.78 Å². The van der Waals surface area contributed by atoms with E-state index in [-0.39, 0.29) is 11.8 Å². The third kappa shape index (κ3) is 4.20. The van der Waals surface area contributed by atoms with Crippen LogP contribution < -0.4 is 4.74 Å². The van der Waals surface area contributed by atoms with E-state index >= 15 is 0 Å². The summed E-state index contributed by atoms with van der Waals surface area (Å²) < 4.78 is 10.6. The minimum atomic E-state index is -0.297. The lowest BCUT2D eigenvalue weighted by atomic mass is 9.99. The first-order valence-corrected chi connectivity index (χ1v) is 8.64. The van der Waals surface area contributed by atoms with Crippen LogP contribution in [0.5, 0.6) is 5.75 Å². The van der Waals surface area contributed by atoms with E-state index in [9.17, 15) is 9.59 Å². The zero-order valence-electron chi connectivity index (χ0n) is 14.0. The zero-order chi connectivity index (χ0) is 17.8. The smallest absolute Gasteiger partial charge is 0.302 e. The van der Waals surface area contributed by atoms with Crippen LogP contribution >= 0.6 is 11.6 Å². The van der Waals surface area contributed by atoms with Crippen molar-refractivity contribution < 1.29 is 19.1 Å². The van der Waals surface area contributed by atoms with Crippen molar-refractivity contribution in [1.29, 1.82) is 0 Å². The standard InChI is InChI=1S/C20H19ClO4/c1-13(22)24-9-2-10-25-17-7-5-14-3-4-15-11-16(21)6-8-18(15)20(23)19(14)12-17/h5-8,11-12H,2-4,9-10H2,1H3. The summed E-state index contributed by atoms with van der Waals surface area (Å²) in [7, 11) is 0. The third-order valence-electron chi connectivity index (χ3n) is 4.16. The topological polar surface area (TPSA) is 52.6 Å². The van der Waals surface area contributed by atoms with Gasteiger partial charge in [-0.15, -0.1) is 0 Å². The second kappa shape index (κ2) is 7.70. The van der Waals surface area contributed by atoms with Crippen LogP contribution in [0.15, 0.2) is 36.4 Å². The van der Waals surface area contributed by atoms with Crippen LogP contribution in [-0.4, -0.2) is 25.0 Å². The molecule has 4 nitrogen and oxygen atoms in total. The molecule has 0 aromatic heterocycles. The first kappa shape index (κ1) is 17.5. The number of hydrogen-bond acceptors (Lipinski definition) is 4. The van der Waals surface area contributed by atoms with Crippen LogP contribution in [0.1, 0.15) is 40.4 Å². The lowest BCUT2D eigenvalue weighted by molar-refractivity contribution is -0.141. The van der Waals surface area contributed by atoms with Gasteiger partial charge in [-0.1, -0.05) is 17.7 Å². The molecule has 0 aliphatic heterocycles.